The van der Waals surface area contributed by atoms with Crippen LogP contribution in [0.4, 0.5) is 5.82 Å². The van der Waals surface area contributed by atoms with Crippen molar-refractivity contribution in [1.82, 2.24) is 19.6 Å². The molecule has 1 saturated carbocycles. The van der Waals surface area contributed by atoms with Crippen molar-refractivity contribution in [3.05, 3.63) is 33.4 Å². The van der Waals surface area contributed by atoms with Gasteiger partial charge in [-0.1, -0.05) is 25.7 Å². The van der Waals surface area contributed by atoms with Crippen molar-refractivity contribution >= 4 is 11.7 Å². The summed E-state index contributed by atoms with van der Waals surface area (Å²) in [5.74, 6) is 0.400. The van der Waals surface area contributed by atoms with Gasteiger partial charge >= 0.3 is 0 Å². The van der Waals surface area contributed by atoms with Gasteiger partial charge in [0.05, 0.1) is 17.3 Å². The summed E-state index contributed by atoms with van der Waals surface area (Å²) in [6, 6.07) is 0.257. The minimum atomic E-state index is -0.228. The summed E-state index contributed by atoms with van der Waals surface area (Å²) in [4.78, 5) is 25.1. The topological polar surface area (TPSA) is 84.7 Å². The van der Waals surface area contributed by atoms with Crippen LogP contribution >= 0.6 is 0 Å². The number of fused-ring (bicyclic) bond motifs is 1. The van der Waals surface area contributed by atoms with Crippen molar-refractivity contribution in [3.63, 3.8) is 0 Å². The Morgan fingerprint density at radius 2 is 1.88 bits per heavy atom. The Kier molecular flexibility index (Phi) is 4.01. The van der Waals surface area contributed by atoms with E-state index in [1.807, 2.05) is 24.9 Å². The molecule has 7 nitrogen and oxygen atoms in total. The van der Waals surface area contributed by atoms with Crippen molar-refractivity contribution in [2.75, 3.05) is 5.32 Å². The van der Waals surface area contributed by atoms with Crippen molar-refractivity contribution in [2.24, 2.45) is 7.05 Å². The van der Waals surface area contributed by atoms with Gasteiger partial charge in [0.25, 0.3) is 5.56 Å². The van der Waals surface area contributed by atoms with Crippen LogP contribution in [0, 0.1) is 6.92 Å². The number of nitrogens with one attached hydrogen (secondary N) is 2. The van der Waals surface area contributed by atoms with Gasteiger partial charge in [0.1, 0.15) is 5.82 Å². The predicted molar refractivity (Wildman–Crippen MR) is 94.8 cm³/mol. The number of hydrogen-bond donors (Lipinski definition) is 2. The quantitative estimate of drug-likeness (QED) is 0.822. The molecule has 2 aromatic heterocycles. The molecule has 0 radical (unpaired) electrons. The average Bonchev–Trinajstić information content (AvgIpc) is 2.93. The average molecular weight is 343 g/mol. The van der Waals surface area contributed by atoms with Gasteiger partial charge in [-0.05, 0) is 19.8 Å². The van der Waals surface area contributed by atoms with Crippen molar-refractivity contribution in [3.8, 4) is 0 Å². The van der Waals surface area contributed by atoms with E-state index >= 15 is 0 Å². The van der Waals surface area contributed by atoms with E-state index in [1.165, 1.54) is 25.7 Å². The smallest absolute Gasteiger partial charge is 0.270 e. The first-order valence-corrected chi connectivity index (χ1v) is 9.19. The number of H-pyrrole nitrogens is 1. The highest BCUT2D eigenvalue weighted by atomic mass is 16.2. The lowest BCUT2D eigenvalue weighted by molar-refractivity contribution is -0.116. The molecular formula is C18H25N5O2. The molecular weight excluding hydrogens is 318 g/mol. The molecule has 1 aliphatic heterocycles. The van der Waals surface area contributed by atoms with Gasteiger partial charge < -0.3 is 5.32 Å². The van der Waals surface area contributed by atoms with E-state index in [9.17, 15) is 9.59 Å². The molecule has 0 saturated heterocycles. The van der Waals surface area contributed by atoms with E-state index in [-0.39, 0.29) is 29.8 Å². The molecule has 0 unspecified atom stereocenters. The van der Waals surface area contributed by atoms with E-state index in [1.54, 1.807) is 4.68 Å². The molecule has 1 aliphatic carbocycles. The Balaban J connectivity index is 1.80. The molecule has 134 valence electrons. The highest BCUT2D eigenvalue weighted by Gasteiger charge is 2.35. The molecule has 0 bridgehead atoms. The molecule has 0 spiro atoms. The van der Waals surface area contributed by atoms with Crippen LogP contribution in [-0.4, -0.2) is 25.5 Å². The second-order valence-corrected chi connectivity index (χ2v) is 7.37. The molecule has 7 heteroatoms. The molecule has 1 atom stereocenters. The Hall–Kier alpha value is -2.31. The fraction of sp³-hybridized carbons (Fsp3) is 0.611. The van der Waals surface area contributed by atoms with Gasteiger partial charge in [0.15, 0.2) is 0 Å². The Labute approximate surface area is 146 Å². The molecule has 2 aliphatic rings. The number of nitrogens with zero attached hydrogens (tertiary/aromatic N) is 3. The lowest BCUT2D eigenvalue weighted by Crippen LogP contribution is -2.27. The van der Waals surface area contributed by atoms with Crippen molar-refractivity contribution in [1.29, 1.82) is 0 Å². The maximum Gasteiger partial charge on any atom is 0.270 e. The summed E-state index contributed by atoms with van der Waals surface area (Å²) in [6.45, 7) is 1.93. The van der Waals surface area contributed by atoms with Crippen LogP contribution in [0.15, 0.2) is 11.0 Å². The number of hydrogen-bond acceptors (Lipinski definition) is 3. The summed E-state index contributed by atoms with van der Waals surface area (Å²) in [7, 11) is 1.86. The first kappa shape index (κ1) is 16.2. The van der Waals surface area contributed by atoms with Crippen LogP contribution in [0.25, 0.3) is 0 Å². The van der Waals surface area contributed by atoms with Gasteiger partial charge in [-0.15, -0.1) is 0 Å². The lowest BCUT2D eigenvalue weighted by atomic mass is 9.87. The Morgan fingerprint density at radius 1 is 1.16 bits per heavy atom. The number of aromatic amines is 1. The molecule has 3 heterocycles. The zero-order chi connectivity index (χ0) is 17.6. The van der Waals surface area contributed by atoms with Gasteiger partial charge in [-0.3, -0.25) is 24.1 Å². The predicted octanol–water partition coefficient (Wildman–Crippen LogP) is 2.59. The first-order chi connectivity index (χ1) is 12.0. The zero-order valence-electron chi connectivity index (χ0n) is 14.8. The zero-order valence-corrected chi connectivity index (χ0v) is 14.8. The fourth-order valence-corrected chi connectivity index (χ4v) is 4.40. The molecule has 25 heavy (non-hydrogen) atoms. The Morgan fingerprint density at radius 3 is 2.52 bits per heavy atom. The van der Waals surface area contributed by atoms with Crippen LogP contribution in [0.1, 0.15) is 73.7 Å². The summed E-state index contributed by atoms with van der Waals surface area (Å²) in [6.07, 6.45) is 9.12. The SMILES string of the molecule is Cc1nn(C)cc1[C@@H]1CC(=O)Nc2c1c(=O)[nH]n2C1CCCCCC1. The number of anilines is 1. The maximum absolute atomic E-state index is 12.8. The standard InChI is InChI=1S/C18H25N5O2/c1-11-14(10-22(2)20-11)13-9-15(24)19-17-16(13)18(25)21-23(17)12-7-5-3-4-6-8-12/h10,12-13H,3-9H2,1-2H3,(H,19,24)(H,21,25)/t13-/m0/s1. The maximum atomic E-state index is 12.8. The summed E-state index contributed by atoms with van der Waals surface area (Å²) in [5.41, 5.74) is 2.42. The van der Waals surface area contributed by atoms with Gasteiger partial charge in [0, 0.05) is 31.1 Å². The number of rotatable bonds is 2. The van der Waals surface area contributed by atoms with Crippen molar-refractivity contribution < 1.29 is 4.79 Å². The van der Waals surface area contributed by atoms with Crippen molar-refractivity contribution in [2.45, 2.75) is 63.8 Å². The van der Waals surface area contributed by atoms with E-state index in [2.05, 4.69) is 15.5 Å². The largest absolute Gasteiger partial charge is 0.311 e. The number of carbonyl (C=O) groups excluding carboxylic acids is 1. The summed E-state index contributed by atoms with van der Waals surface area (Å²) < 4.78 is 3.67. The van der Waals surface area contributed by atoms with E-state index in [0.717, 1.165) is 24.1 Å². The summed E-state index contributed by atoms with van der Waals surface area (Å²) >= 11 is 0. The lowest BCUT2D eigenvalue weighted by Gasteiger charge is -2.25. The molecule has 4 rings (SSSR count). The van der Waals surface area contributed by atoms with Crippen LogP contribution < -0.4 is 10.9 Å². The monoisotopic (exact) mass is 343 g/mol. The highest BCUT2D eigenvalue weighted by molar-refractivity contribution is 5.94. The van der Waals surface area contributed by atoms with Crippen LogP contribution in [0.5, 0.6) is 0 Å². The normalized spacial score (nSPS) is 21.7. The van der Waals surface area contributed by atoms with E-state index in [0.29, 0.717) is 11.4 Å². The summed E-state index contributed by atoms with van der Waals surface area (Å²) in [5, 5.41) is 10.4. The minimum absolute atomic E-state index is 0.0397. The third-order valence-corrected chi connectivity index (χ3v) is 5.58. The fourth-order valence-electron chi connectivity index (χ4n) is 4.40. The molecule has 1 fully saturated rings. The molecule has 2 aromatic rings. The third kappa shape index (κ3) is 2.81. The van der Waals surface area contributed by atoms with Gasteiger partial charge in [-0.25, -0.2) is 0 Å². The van der Waals surface area contributed by atoms with Crippen LogP contribution in [-0.2, 0) is 11.8 Å². The Bertz CT molecular complexity index is 851. The van der Waals surface area contributed by atoms with E-state index < -0.39 is 0 Å². The second kappa shape index (κ2) is 6.20. The first-order valence-electron chi connectivity index (χ1n) is 9.19. The number of carbonyl (C=O) groups is 1. The van der Waals surface area contributed by atoms with Crippen LogP contribution in [0.3, 0.4) is 0 Å². The number of amides is 1. The number of aryl methyl sites for hydroxylation is 2. The number of aromatic nitrogens is 4. The molecule has 0 aromatic carbocycles. The van der Waals surface area contributed by atoms with E-state index in [4.69, 9.17) is 0 Å². The second-order valence-electron chi connectivity index (χ2n) is 7.37. The van der Waals surface area contributed by atoms with Gasteiger partial charge in [0.2, 0.25) is 5.91 Å². The van der Waals surface area contributed by atoms with Crippen LogP contribution in [0.2, 0.25) is 0 Å². The minimum Gasteiger partial charge on any atom is -0.311 e. The highest BCUT2D eigenvalue weighted by Crippen LogP contribution is 2.38. The molecule has 1 amide bonds. The molecule has 2 N–H and O–H groups in total. The van der Waals surface area contributed by atoms with Gasteiger partial charge in [-0.2, -0.15) is 5.10 Å². The third-order valence-electron chi connectivity index (χ3n) is 5.58.